The van der Waals surface area contributed by atoms with Crippen molar-refractivity contribution in [2.24, 2.45) is 5.92 Å². The Balaban J connectivity index is 1.64. The smallest absolute Gasteiger partial charge is 0.262 e. The summed E-state index contributed by atoms with van der Waals surface area (Å²) in [5.74, 6) is -0.633. The average molecular weight is 384 g/mol. The van der Waals surface area contributed by atoms with Gasteiger partial charge in [-0.3, -0.25) is 19.3 Å². The van der Waals surface area contributed by atoms with Crippen molar-refractivity contribution in [1.82, 2.24) is 9.80 Å². The van der Waals surface area contributed by atoms with Crippen LogP contribution >= 0.6 is 0 Å². The van der Waals surface area contributed by atoms with Crippen LogP contribution in [-0.2, 0) is 9.53 Å². The molecule has 3 aliphatic rings. The fourth-order valence-corrected chi connectivity index (χ4v) is 4.82. The molecule has 1 aromatic rings. The normalized spacial score (nSPS) is 25.7. The first-order valence-corrected chi connectivity index (χ1v) is 10.4. The van der Waals surface area contributed by atoms with Crippen molar-refractivity contribution in [2.45, 2.75) is 64.1 Å². The lowest BCUT2D eigenvalue weighted by molar-refractivity contribution is -0.154. The number of ether oxygens (including phenoxy) is 1. The number of carbonyl (C=O) groups is 3. The van der Waals surface area contributed by atoms with Crippen LogP contribution in [0, 0.1) is 5.92 Å². The van der Waals surface area contributed by atoms with Gasteiger partial charge in [0.15, 0.2) is 0 Å². The summed E-state index contributed by atoms with van der Waals surface area (Å²) in [5.41, 5.74) is 0.790. The molecule has 2 fully saturated rings. The highest BCUT2D eigenvalue weighted by atomic mass is 16.5. The van der Waals surface area contributed by atoms with Gasteiger partial charge in [0.25, 0.3) is 11.8 Å². The first-order valence-electron chi connectivity index (χ1n) is 10.4. The third-order valence-corrected chi connectivity index (χ3v) is 6.13. The number of amides is 3. The molecule has 3 atom stereocenters. The molecule has 0 radical (unpaired) electrons. The Morgan fingerprint density at radius 2 is 1.75 bits per heavy atom. The molecule has 1 aliphatic carbocycles. The largest absolute Gasteiger partial charge is 0.374 e. The van der Waals surface area contributed by atoms with Gasteiger partial charge in [0, 0.05) is 6.54 Å². The lowest BCUT2D eigenvalue weighted by Crippen LogP contribution is -2.60. The van der Waals surface area contributed by atoms with E-state index in [-0.39, 0.29) is 35.8 Å². The Labute approximate surface area is 165 Å². The standard InChI is InChI=1S/C22H28N2O4/c1-14(2)13-18(24-20(25)15-7-3-4-8-16(15)21(24)26)22(27)23-11-12-28-19-10-6-5-9-17(19)23/h3-4,7-8,14,17-19H,5-6,9-13H2,1-2H3. The average Bonchev–Trinajstić information content (AvgIpc) is 2.96. The first-order chi connectivity index (χ1) is 13.5. The van der Waals surface area contributed by atoms with Gasteiger partial charge in [0.2, 0.25) is 5.91 Å². The fraction of sp³-hybridized carbons (Fsp3) is 0.591. The SMILES string of the molecule is CC(C)CC(C(=O)N1CCOC2CCCCC21)N1C(=O)c2ccccc2C1=O. The third-order valence-electron chi connectivity index (χ3n) is 6.13. The van der Waals surface area contributed by atoms with Gasteiger partial charge >= 0.3 is 0 Å². The minimum Gasteiger partial charge on any atom is -0.374 e. The Bertz CT molecular complexity index is 753. The number of nitrogens with zero attached hydrogens (tertiary/aromatic N) is 2. The van der Waals surface area contributed by atoms with Gasteiger partial charge < -0.3 is 9.64 Å². The molecule has 1 saturated heterocycles. The van der Waals surface area contributed by atoms with Gasteiger partial charge in [-0.2, -0.15) is 0 Å². The molecule has 150 valence electrons. The minimum absolute atomic E-state index is 0.0554. The van der Waals surface area contributed by atoms with E-state index in [9.17, 15) is 14.4 Å². The first kappa shape index (κ1) is 19.1. The number of hydrogen-bond acceptors (Lipinski definition) is 4. The highest BCUT2D eigenvalue weighted by Gasteiger charge is 2.46. The summed E-state index contributed by atoms with van der Waals surface area (Å²) in [6.45, 7) is 5.07. The Morgan fingerprint density at radius 3 is 2.39 bits per heavy atom. The summed E-state index contributed by atoms with van der Waals surface area (Å²) in [6, 6.07) is 6.13. The van der Waals surface area contributed by atoms with Crippen LogP contribution in [0.5, 0.6) is 0 Å². The molecule has 2 heterocycles. The molecule has 4 rings (SSSR count). The van der Waals surface area contributed by atoms with Crippen molar-refractivity contribution >= 4 is 17.7 Å². The second kappa shape index (κ2) is 7.66. The summed E-state index contributed by atoms with van der Waals surface area (Å²) >= 11 is 0. The maximum Gasteiger partial charge on any atom is 0.262 e. The summed E-state index contributed by atoms with van der Waals surface area (Å²) in [7, 11) is 0. The predicted octanol–water partition coefficient (Wildman–Crippen LogP) is 2.87. The van der Waals surface area contributed by atoms with Crippen molar-refractivity contribution in [3.8, 4) is 0 Å². The van der Waals surface area contributed by atoms with Gasteiger partial charge in [0.1, 0.15) is 6.04 Å². The summed E-state index contributed by atoms with van der Waals surface area (Å²) < 4.78 is 5.90. The zero-order valence-electron chi connectivity index (χ0n) is 16.6. The molecule has 0 aromatic heterocycles. The number of rotatable bonds is 4. The van der Waals surface area contributed by atoms with Gasteiger partial charge in [-0.05, 0) is 37.3 Å². The van der Waals surface area contributed by atoms with E-state index in [1.54, 1.807) is 24.3 Å². The Hall–Kier alpha value is -2.21. The quantitative estimate of drug-likeness (QED) is 0.749. The highest BCUT2D eigenvalue weighted by Crippen LogP contribution is 2.32. The van der Waals surface area contributed by atoms with E-state index >= 15 is 0 Å². The van der Waals surface area contributed by atoms with E-state index in [0.29, 0.717) is 30.7 Å². The fourth-order valence-electron chi connectivity index (χ4n) is 4.82. The molecular formula is C22H28N2O4. The topological polar surface area (TPSA) is 66.9 Å². The molecule has 0 bridgehead atoms. The van der Waals surface area contributed by atoms with Crippen molar-refractivity contribution in [3.63, 3.8) is 0 Å². The summed E-state index contributed by atoms with van der Waals surface area (Å²) in [6.07, 6.45) is 4.64. The summed E-state index contributed by atoms with van der Waals surface area (Å²) in [5, 5.41) is 0. The van der Waals surface area contributed by atoms with Gasteiger partial charge in [-0.15, -0.1) is 0 Å². The maximum atomic E-state index is 13.6. The van der Waals surface area contributed by atoms with Crippen LogP contribution in [0.25, 0.3) is 0 Å². The zero-order chi connectivity index (χ0) is 19.8. The van der Waals surface area contributed by atoms with Gasteiger partial charge in [-0.1, -0.05) is 38.8 Å². The molecule has 28 heavy (non-hydrogen) atoms. The number of benzene rings is 1. The van der Waals surface area contributed by atoms with Crippen LogP contribution in [0.3, 0.4) is 0 Å². The molecule has 1 saturated carbocycles. The van der Waals surface area contributed by atoms with E-state index in [1.807, 2.05) is 18.7 Å². The number of morpholine rings is 1. The molecular weight excluding hydrogens is 356 g/mol. The zero-order valence-corrected chi connectivity index (χ0v) is 16.6. The van der Waals surface area contributed by atoms with Crippen LogP contribution in [-0.4, -0.2) is 58.9 Å². The molecule has 0 spiro atoms. The molecule has 6 heteroatoms. The lowest BCUT2D eigenvalue weighted by atomic mass is 9.89. The minimum atomic E-state index is -0.756. The molecule has 1 aromatic carbocycles. The monoisotopic (exact) mass is 384 g/mol. The Kier molecular flexibility index (Phi) is 5.23. The van der Waals surface area contributed by atoms with Crippen molar-refractivity contribution in [3.05, 3.63) is 35.4 Å². The van der Waals surface area contributed by atoms with E-state index in [1.165, 1.54) is 4.90 Å². The number of carbonyl (C=O) groups excluding carboxylic acids is 3. The summed E-state index contributed by atoms with van der Waals surface area (Å²) in [4.78, 5) is 42.8. The highest BCUT2D eigenvalue weighted by molar-refractivity contribution is 6.22. The maximum absolute atomic E-state index is 13.6. The third kappa shape index (κ3) is 3.24. The second-order valence-corrected chi connectivity index (χ2v) is 8.46. The number of fused-ring (bicyclic) bond motifs is 2. The van der Waals surface area contributed by atoms with Crippen LogP contribution in [0.4, 0.5) is 0 Å². The van der Waals surface area contributed by atoms with E-state index < -0.39 is 6.04 Å². The van der Waals surface area contributed by atoms with E-state index in [2.05, 4.69) is 0 Å². The van der Waals surface area contributed by atoms with E-state index in [4.69, 9.17) is 4.74 Å². The van der Waals surface area contributed by atoms with Crippen LogP contribution in [0.15, 0.2) is 24.3 Å². The number of imide groups is 1. The lowest BCUT2D eigenvalue weighted by Gasteiger charge is -2.45. The van der Waals surface area contributed by atoms with Crippen LogP contribution < -0.4 is 0 Å². The van der Waals surface area contributed by atoms with Crippen molar-refractivity contribution in [1.29, 1.82) is 0 Å². The van der Waals surface area contributed by atoms with Crippen LogP contribution in [0.2, 0.25) is 0 Å². The van der Waals surface area contributed by atoms with Crippen LogP contribution in [0.1, 0.15) is 66.7 Å². The molecule has 6 nitrogen and oxygen atoms in total. The predicted molar refractivity (Wildman–Crippen MR) is 104 cm³/mol. The molecule has 3 amide bonds. The van der Waals surface area contributed by atoms with E-state index in [0.717, 1.165) is 25.7 Å². The number of hydrogen-bond donors (Lipinski definition) is 0. The van der Waals surface area contributed by atoms with Crippen molar-refractivity contribution < 1.29 is 19.1 Å². The second-order valence-electron chi connectivity index (χ2n) is 8.46. The molecule has 2 aliphatic heterocycles. The van der Waals surface area contributed by atoms with Gasteiger partial charge in [-0.25, -0.2) is 0 Å². The molecule has 0 N–H and O–H groups in total. The molecule has 3 unspecified atom stereocenters. The van der Waals surface area contributed by atoms with Crippen molar-refractivity contribution in [2.75, 3.05) is 13.2 Å². The Morgan fingerprint density at radius 1 is 1.11 bits per heavy atom. The van der Waals surface area contributed by atoms with Gasteiger partial charge in [0.05, 0.1) is 29.9 Å².